The number of carboxylic acid groups (broad SMARTS) is 1. The van der Waals surface area contributed by atoms with Gasteiger partial charge in [0.2, 0.25) is 5.96 Å². The van der Waals surface area contributed by atoms with Gasteiger partial charge in [-0.2, -0.15) is 26.3 Å². The molecular weight excluding hydrogens is 590 g/mol. The quantitative estimate of drug-likeness (QED) is 0.257. The Morgan fingerprint density at radius 1 is 0.955 bits per heavy atom. The summed E-state index contributed by atoms with van der Waals surface area (Å²) in [5, 5.41) is 14.9. The summed E-state index contributed by atoms with van der Waals surface area (Å²) in [4.78, 5) is 15.0. The predicted octanol–water partition coefficient (Wildman–Crippen LogP) is 6.16. The first kappa shape index (κ1) is 33.2. The number of guanidine groups is 1. The van der Waals surface area contributed by atoms with E-state index in [1.807, 2.05) is 20.8 Å². The van der Waals surface area contributed by atoms with Gasteiger partial charge in [0, 0.05) is 45.3 Å². The molecule has 0 aromatic heterocycles. The Morgan fingerprint density at radius 2 is 1.57 bits per heavy atom. The van der Waals surface area contributed by atoms with E-state index in [1.54, 1.807) is 11.9 Å². The number of aryl methyl sites for hydroxylation is 2. The maximum absolute atomic E-state index is 13.6. The minimum Gasteiger partial charge on any atom is -0.481 e. The van der Waals surface area contributed by atoms with Crippen LogP contribution in [0.2, 0.25) is 0 Å². The van der Waals surface area contributed by atoms with Crippen molar-refractivity contribution in [2.45, 2.75) is 78.3 Å². The smallest absolute Gasteiger partial charge is 0.416 e. The molecule has 0 radical (unpaired) electrons. The zero-order chi connectivity index (χ0) is 32.4. The van der Waals surface area contributed by atoms with Crippen LogP contribution in [0.5, 0.6) is 0 Å². The molecule has 0 spiro atoms. The summed E-state index contributed by atoms with van der Waals surface area (Å²) >= 11 is 0. The second-order valence-electron chi connectivity index (χ2n) is 12.2. The van der Waals surface area contributed by atoms with Gasteiger partial charge in [0.15, 0.2) is 0 Å². The lowest BCUT2D eigenvalue weighted by atomic mass is 9.86. The Labute approximate surface area is 252 Å². The topological polar surface area (TPSA) is 83.4 Å². The highest BCUT2D eigenvalue weighted by molar-refractivity contribution is 5.80. The number of hydrazine groups is 2. The molecule has 3 N–H and O–H groups in total. The average Bonchev–Trinajstić information content (AvgIpc) is 3.57. The van der Waals surface area contributed by atoms with Crippen LogP contribution in [-0.4, -0.2) is 47.2 Å². The SMILES string of the molecule is CCN(CC(C)(C)CCC(=O)O)c1cc2c(cc1CN(Cc1cc(C(F)(F)F)cc(C(F)(F)F)c1)C1=NNN(C)N1)CCC2. The van der Waals surface area contributed by atoms with Crippen LogP contribution < -0.4 is 15.9 Å². The second kappa shape index (κ2) is 12.7. The number of hydrazone groups is 1. The van der Waals surface area contributed by atoms with Gasteiger partial charge in [0.1, 0.15) is 0 Å². The zero-order valence-electron chi connectivity index (χ0n) is 25.2. The largest absolute Gasteiger partial charge is 0.481 e. The summed E-state index contributed by atoms with van der Waals surface area (Å²) in [6, 6.07) is 5.78. The molecule has 242 valence electrons. The second-order valence-corrected chi connectivity index (χ2v) is 12.2. The van der Waals surface area contributed by atoms with Crippen molar-refractivity contribution < 1.29 is 36.2 Å². The number of alkyl halides is 6. The van der Waals surface area contributed by atoms with E-state index >= 15 is 0 Å². The van der Waals surface area contributed by atoms with Crippen molar-refractivity contribution >= 4 is 17.6 Å². The molecule has 44 heavy (non-hydrogen) atoms. The van der Waals surface area contributed by atoms with Gasteiger partial charge in [-0.05, 0) is 84.5 Å². The third-order valence-corrected chi connectivity index (χ3v) is 7.91. The Morgan fingerprint density at radius 3 is 2.09 bits per heavy atom. The predicted molar refractivity (Wildman–Crippen MR) is 154 cm³/mol. The number of nitrogens with one attached hydrogen (secondary N) is 2. The van der Waals surface area contributed by atoms with Crippen LogP contribution in [0.3, 0.4) is 0 Å². The number of carbonyl (C=O) groups is 1. The minimum absolute atomic E-state index is 0.0261. The number of benzene rings is 2. The van der Waals surface area contributed by atoms with Crippen molar-refractivity contribution in [3.63, 3.8) is 0 Å². The molecule has 0 fully saturated rings. The number of nitrogens with zero attached hydrogens (tertiary/aromatic N) is 4. The van der Waals surface area contributed by atoms with E-state index in [2.05, 4.69) is 33.1 Å². The number of aliphatic carboxylic acids is 1. The first-order chi connectivity index (χ1) is 20.4. The van der Waals surface area contributed by atoms with Crippen molar-refractivity contribution in [2.24, 2.45) is 10.5 Å². The maximum Gasteiger partial charge on any atom is 0.416 e. The fourth-order valence-corrected chi connectivity index (χ4v) is 5.70. The lowest BCUT2D eigenvalue weighted by molar-refractivity contribution is -0.143. The number of hydrogen-bond donors (Lipinski definition) is 3. The van der Waals surface area contributed by atoms with E-state index in [9.17, 15) is 36.2 Å². The summed E-state index contributed by atoms with van der Waals surface area (Å²) in [5.41, 5.74) is 6.44. The highest BCUT2D eigenvalue weighted by Gasteiger charge is 2.37. The molecule has 0 amide bonds. The van der Waals surface area contributed by atoms with Crippen molar-refractivity contribution in [3.8, 4) is 0 Å². The van der Waals surface area contributed by atoms with Gasteiger partial charge < -0.3 is 14.9 Å². The monoisotopic (exact) mass is 628 g/mol. The van der Waals surface area contributed by atoms with E-state index in [4.69, 9.17) is 0 Å². The first-order valence-corrected chi connectivity index (χ1v) is 14.4. The van der Waals surface area contributed by atoms with Crippen LogP contribution >= 0.6 is 0 Å². The summed E-state index contributed by atoms with van der Waals surface area (Å²) in [7, 11) is 1.62. The standard InChI is InChI=1S/C30H38F6N6O2/c1-5-41(18-28(2,3)10-9-26(43)44)25-14-21-8-6-7-20(21)13-22(25)17-42(27-37-39-40(4)38-27)16-19-11-23(29(31,32)33)15-24(12-19)30(34,35)36/h11-15,39H,5-10,16-18H2,1-4H3,(H,37,38)(H,43,44). The third kappa shape index (κ3) is 8.27. The van der Waals surface area contributed by atoms with Crippen molar-refractivity contribution in [1.82, 2.24) is 21.0 Å². The Kier molecular flexibility index (Phi) is 9.62. The van der Waals surface area contributed by atoms with Crippen LogP contribution in [0.1, 0.15) is 73.4 Å². The molecule has 2 aliphatic rings. The van der Waals surface area contributed by atoms with E-state index < -0.39 is 29.4 Å². The Hall–Kier alpha value is -3.68. The molecular formula is C30H38F6N6O2. The number of fused-ring (bicyclic) bond motifs is 1. The number of carboxylic acids is 1. The lowest BCUT2D eigenvalue weighted by Gasteiger charge is -2.36. The molecule has 0 saturated heterocycles. The molecule has 0 saturated carbocycles. The van der Waals surface area contributed by atoms with E-state index in [0.29, 0.717) is 19.5 Å². The molecule has 0 unspecified atom stereocenters. The van der Waals surface area contributed by atoms with Crippen LogP contribution in [0.25, 0.3) is 0 Å². The number of rotatable bonds is 11. The van der Waals surface area contributed by atoms with Gasteiger partial charge in [0.05, 0.1) is 11.1 Å². The highest BCUT2D eigenvalue weighted by atomic mass is 19.4. The maximum atomic E-state index is 13.6. The lowest BCUT2D eigenvalue weighted by Crippen LogP contribution is -2.44. The van der Waals surface area contributed by atoms with E-state index in [0.717, 1.165) is 48.2 Å². The molecule has 1 aliphatic heterocycles. The summed E-state index contributed by atoms with van der Waals surface area (Å²) in [6.07, 6.45) is -6.70. The Balaban J connectivity index is 1.74. The van der Waals surface area contributed by atoms with Gasteiger partial charge >= 0.3 is 18.3 Å². The molecule has 8 nitrogen and oxygen atoms in total. The van der Waals surface area contributed by atoms with Crippen LogP contribution in [0, 0.1) is 5.41 Å². The highest BCUT2D eigenvalue weighted by Crippen LogP contribution is 2.38. The normalized spacial score (nSPS) is 15.5. The van der Waals surface area contributed by atoms with E-state index in [-0.39, 0.29) is 42.5 Å². The fourth-order valence-electron chi connectivity index (χ4n) is 5.70. The van der Waals surface area contributed by atoms with Gasteiger partial charge in [-0.25, -0.2) is 5.53 Å². The van der Waals surface area contributed by atoms with Crippen LogP contribution in [-0.2, 0) is 43.1 Å². The average molecular weight is 629 g/mol. The van der Waals surface area contributed by atoms with Crippen molar-refractivity contribution in [1.29, 1.82) is 0 Å². The number of hydrogen-bond acceptors (Lipinski definition) is 7. The summed E-state index contributed by atoms with van der Waals surface area (Å²) < 4.78 is 81.9. The van der Waals surface area contributed by atoms with Gasteiger partial charge in [-0.1, -0.05) is 19.9 Å². The molecule has 0 atom stereocenters. The molecule has 14 heteroatoms. The molecule has 4 rings (SSSR count). The fraction of sp³-hybridized carbons (Fsp3) is 0.533. The van der Waals surface area contributed by atoms with Crippen molar-refractivity contribution in [3.05, 3.63) is 63.7 Å². The molecule has 2 aromatic carbocycles. The number of anilines is 1. The minimum atomic E-state index is -4.96. The van der Waals surface area contributed by atoms with Crippen LogP contribution in [0.15, 0.2) is 35.4 Å². The molecule has 0 bridgehead atoms. The molecule has 2 aromatic rings. The summed E-state index contributed by atoms with van der Waals surface area (Å²) in [5.74, 6) is -0.642. The first-order valence-electron chi connectivity index (χ1n) is 14.4. The van der Waals surface area contributed by atoms with Gasteiger partial charge in [-0.15, -0.1) is 10.2 Å². The van der Waals surface area contributed by atoms with Crippen LogP contribution in [0.4, 0.5) is 32.0 Å². The Bertz CT molecular complexity index is 1360. The zero-order valence-corrected chi connectivity index (χ0v) is 25.2. The third-order valence-electron chi connectivity index (χ3n) is 7.91. The van der Waals surface area contributed by atoms with Gasteiger partial charge in [0.25, 0.3) is 0 Å². The van der Waals surface area contributed by atoms with Crippen molar-refractivity contribution in [2.75, 3.05) is 25.0 Å². The summed E-state index contributed by atoms with van der Waals surface area (Å²) in [6.45, 7) is 6.99. The van der Waals surface area contributed by atoms with Gasteiger partial charge in [-0.3, -0.25) is 10.2 Å². The molecule has 1 heterocycles. The molecule has 1 aliphatic carbocycles. The van der Waals surface area contributed by atoms with E-state index in [1.165, 1.54) is 10.7 Å². The number of halogens is 6.